The van der Waals surface area contributed by atoms with Gasteiger partial charge in [-0.1, -0.05) is 20.8 Å². The van der Waals surface area contributed by atoms with Crippen molar-refractivity contribution in [3.8, 4) is 0 Å². The van der Waals surface area contributed by atoms with Crippen molar-refractivity contribution in [1.29, 1.82) is 0 Å². The molecule has 0 aromatic heterocycles. The first kappa shape index (κ1) is 12.4. The Morgan fingerprint density at radius 2 is 2.00 bits per heavy atom. The maximum Gasteiger partial charge on any atom is 0.0700 e. The minimum Gasteiger partial charge on any atom is -0.375 e. The summed E-state index contributed by atoms with van der Waals surface area (Å²) in [5.74, 6) is 1.71. The Labute approximate surface area is 100 Å². The van der Waals surface area contributed by atoms with E-state index in [1.807, 2.05) is 0 Å². The van der Waals surface area contributed by atoms with Gasteiger partial charge in [0.05, 0.1) is 5.60 Å². The summed E-state index contributed by atoms with van der Waals surface area (Å²) in [4.78, 5) is 0. The van der Waals surface area contributed by atoms with Crippen LogP contribution in [0.2, 0.25) is 0 Å². The van der Waals surface area contributed by atoms with Crippen LogP contribution in [0.3, 0.4) is 0 Å². The minimum atomic E-state index is 0.219. The molecule has 94 valence electrons. The average molecular weight is 225 g/mol. The summed E-state index contributed by atoms with van der Waals surface area (Å²) in [6.07, 6.45) is 6.33. The Bertz CT molecular complexity index is 229. The second-order valence-electron chi connectivity index (χ2n) is 5.98. The van der Waals surface area contributed by atoms with Gasteiger partial charge in [-0.25, -0.2) is 0 Å². The van der Waals surface area contributed by atoms with E-state index in [1.54, 1.807) is 0 Å². The lowest BCUT2D eigenvalue weighted by Crippen LogP contribution is -2.50. The van der Waals surface area contributed by atoms with E-state index in [0.29, 0.717) is 6.04 Å². The highest BCUT2D eigenvalue weighted by Crippen LogP contribution is 2.43. The maximum atomic E-state index is 6.16. The van der Waals surface area contributed by atoms with E-state index in [9.17, 15) is 0 Å². The van der Waals surface area contributed by atoms with Crippen LogP contribution in [0.4, 0.5) is 0 Å². The summed E-state index contributed by atoms with van der Waals surface area (Å²) >= 11 is 0. The molecule has 0 aromatic rings. The van der Waals surface area contributed by atoms with Crippen molar-refractivity contribution < 1.29 is 4.74 Å². The lowest BCUT2D eigenvalue weighted by atomic mass is 9.70. The predicted molar refractivity (Wildman–Crippen MR) is 67.6 cm³/mol. The fourth-order valence-electron chi connectivity index (χ4n) is 3.47. The van der Waals surface area contributed by atoms with Crippen LogP contribution in [0, 0.1) is 11.8 Å². The van der Waals surface area contributed by atoms with Crippen molar-refractivity contribution in [2.75, 3.05) is 13.2 Å². The zero-order valence-corrected chi connectivity index (χ0v) is 11.1. The zero-order valence-electron chi connectivity index (χ0n) is 11.1. The molecule has 2 fully saturated rings. The molecule has 0 aromatic carbocycles. The molecule has 1 spiro atoms. The molecule has 0 radical (unpaired) electrons. The summed E-state index contributed by atoms with van der Waals surface area (Å²) in [6.45, 7) is 9.03. The molecular weight excluding hydrogens is 198 g/mol. The van der Waals surface area contributed by atoms with Crippen LogP contribution in [0.1, 0.15) is 52.9 Å². The molecule has 1 aliphatic carbocycles. The fourth-order valence-corrected chi connectivity index (χ4v) is 3.47. The van der Waals surface area contributed by atoms with E-state index in [4.69, 9.17) is 4.74 Å². The van der Waals surface area contributed by atoms with Crippen molar-refractivity contribution in [1.82, 2.24) is 5.32 Å². The Morgan fingerprint density at radius 1 is 1.19 bits per heavy atom. The van der Waals surface area contributed by atoms with Crippen LogP contribution in [-0.2, 0) is 4.74 Å². The Hall–Kier alpha value is -0.0800. The van der Waals surface area contributed by atoms with Gasteiger partial charge in [0, 0.05) is 12.6 Å². The summed E-state index contributed by atoms with van der Waals surface area (Å²) in [5, 5.41) is 3.60. The Kier molecular flexibility index (Phi) is 3.91. The molecule has 16 heavy (non-hydrogen) atoms. The van der Waals surface area contributed by atoms with Gasteiger partial charge in [0.15, 0.2) is 0 Å². The van der Waals surface area contributed by atoms with Gasteiger partial charge in [0.1, 0.15) is 0 Å². The highest BCUT2D eigenvalue weighted by Gasteiger charge is 2.42. The fraction of sp³-hybridized carbons (Fsp3) is 1.00. The van der Waals surface area contributed by atoms with Gasteiger partial charge in [-0.15, -0.1) is 0 Å². The summed E-state index contributed by atoms with van der Waals surface area (Å²) in [7, 11) is 0. The van der Waals surface area contributed by atoms with Gasteiger partial charge in [-0.3, -0.25) is 0 Å². The quantitative estimate of drug-likeness (QED) is 0.780. The number of rotatable bonds is 2. The van der Waals surface area contributed by atoms with E-state index >= 15 is 0 Å². The molecule has 1 saturated carbocycles. The van der Waals surface area contributed by atoms with Crippen LogP contribution in [-0.4, -0.2) is 24.8 Å². The van der Waals surface area contributed by atoms with Crippen molar-refractivity contribution >= 4 is 0 Å². The Morgan fingerprint density at radius 3 is 2.69 bits per heavy atom. The number of ether oxygens (including phenoxy) is 1. The molecule has 4 atom stereocenters. The molecule has 1 saturated heterocycles. The Balaban J connectivity index is 1.96. The highest BCUT2D eigenvalue weighted by molar-refractivity contribution is 4.95. The van der Waals surface area contributed by atoms with Crippen LogP contribution >= 0.6 is 0 Å². The highest BCUT2D eigenvalue weighted by atomic mass is 16.5. The number of nitrogens with one attached hydrogen (secondary N) is 1. The van der Waals surface area contributed by atoms with Crippen molar-refractivity contribution in [2.24, 2.45) is 11.8 Å². The van der Waals surface area contributed by atoms with Gasteiger partial charge >= 0.3 is 0 Å². The van der Waals surface area contributed by atoms with Crippen molar-refractivity contribution in [3.63, 3.8) is 0 Å². The van der Waals surface area contributed by atoms with Crippen LogP contribution in [0.25, 0.3) is 0 Å². The lowest BCUT2D eigenvalue weighted by Gasteiger charge is -2.47. The van der Waals surface area contributed by atoms with E-state index in [-0.39, 0.29) is 5.60 Å². The normalized spacial score (nSPS) is 44.8. The maximum absolute atomic E-state index is 6.16. The van der Waals surface area contributed by atoms with Gasteiger partial charge in [-0.05, 0) is 50.5 Å². The third-order valence-electron chi connectivity index (χ3n) is 4.71. The second-order valence-corrected chi connectivity index (χ2v) is 5.98. The van der Waals surface area contributed by atoms with Gasteiger partial charge in [0.2, 0.25) is 0 Å². The molecule has 2 nitrogen and oxygen atoms in total. The lowest BCUT2D eigenvalue weighted by molar-refractivity contribution is -0.125. The van der Waals surface area contributed by atoms with Crippen molar-refractivity contribution in [2.45, 2.75) is 64.5 Å². The average Bonchev–Trinajstić information content (AvgIpc) is 2.25. The molecule has 1 heterocycles. The zero-order chi connectivity index (χ0) is 11.6. The topological polar surface area (TPSA) is 21.3 Å². The standard InChI is InChI=1S/C14H27NO/c1-4-15-13-6-8-16-14(10-13)7-5-11(2)12(3)9-14/h11-13,15H,4-10H2,1-3H3. The van der Waals surface area contributed by atoms with Gasteiger partial charge in [0.25, 0.3) is 0 Å². The van der Waals surface area contributed by atoms with Crippen LogP contribution in [0.15, 0.2) is 0 Å². The first-order chi connectivity index (χ1) is 7.65. The molecule has 2 rings (SSSR count). The first-order valence-corrected chi connectivity index (χ1v) is 7.02. The van der Waals surface area contributed by atoms with Crippen molar-refractivity contribution in [3.05, 3.63) is 0 Å². The number of hydrogen-bond donors (Lipinski definition) is 1. The third kappa shape index (κ3) is 2.60. The molecule has 2 heteroatoms. The van der Waals surface area contributed by atoms with Gasteiger partial charge < -0.3 is 10.1 Å². The molecule has 4 unspecified atom stereocenters. The molecule has 1 aliphatic heterocycles. The molecule has 0 bridgehead atoms. The summed E-state index contributed by atoms with van der Waals surface area (Å²) in [6, 6.07) is 0.694. The minimum absolute atomic E-state index is 0.219. The summed E-state index contributed by atoms with van der Waals surface area (Å²) < 4.78 is 6.16. The first-order valence-electron chi connectivity index (χ1n) is 7.02. The largest absolute Gasteiger partial charge is 0.375 e. The monoisotopic (exact) mass is 225 g/mol. The van der Waals surface area contributed by atoms with Crippen LogP contribution < -0.4 is 5.32 Å². The predicted octanol–water partition coefficient (Wildman–Crippen LogP) is 2.97. The molecule has 1 N–H and O–H groups in total. The third-order valence-corrected chi connectivity index (χ3v) is 4.71. The van der Waals surface area contributed by atoms with Gasteiger partial charge in [-0.2, -0.15) is 0 Å². The summed E-state index contributed by atoms with van der Waals surface area (Å²) in [5.41, 5.74) is 0.219. The number of hydrogen-bond acceptors (Lipinski definition) is 2. The van der Waals surface area contributed by atoms with Crippen LogP contribution in [0.5, 0.6) is 0 Å². The van der Waals surface area contributed by atoms with E-state index in [1.165, 1.54) is 32.1 Å². The molecule has 2 aliphatic rings. The van der Waals surface area contributed by atoms with E-state index in [0.717, 1.165) is 25.0 Å². The SMILES string of the molecule is CCNC1CCOC2(CCC(C)C(C)C2)C1. The van der Waals surface area contributed by atoms with E-state index in [2.05, 4.69) is 26.1 Å². The van der Waals surface area contributed by atoms with E-state index < -0.39 is 0 Å². The second kappa shape index (κ2) is 5.05. The molecule has 0 amide bonds. The smallest absolute Gasteiger partial charge is 0.0700 e. The molecular formula is C14H27NO.